The SMILES string of the molecule is CN=C(NCc1ccc(OCc2ccccc2)cc1)N1CCC(COC)C1. The van der Waals surface area contributed by atoms with Gasteiger partial charge < -0.3 is 19.7 Å². The summed E-state index contributed by atoms with van der Waals surface area (Å²) in [6.07, 6.45) is 1.15. The van der Waals surface area contributed by atoms with Crippen molar-refractivity contribution in [3.8, 4) is 5.75 Å². The molecule has 0 saturated carbocycles. The summed E-state index contributed by atoms with van der Waals surface area (Å²) in [5.41, 5.74) is 2.38. The van der Waals surface area contributed by atoms with Gasteiger partial charge in [0, 0.05) is 39.7 Å². The standard InChI is InChI=1S/C22H29N3O2/c1-23-22(25-13-12-20(15-25)16-26-2)24-14-18-8-10-21(11-9-18)27-17-19-6-4-3-5-7-19/h3-11,20H,12-17H2,1-2H3,(H,23,24). The van der Waals surface area contributed by atoms with E-state index in [9.17, 15) is 0 Å². The number of hydrogen-bond donors (Lipinski definition) is 1. The van der Waals surface area contributed by atoms with Gasteiger partial charge in [-0.25, -0.2) is 0 Å². The Hall–Kier alpha value is -2.53. The van der Waals surface area contributed by atoms with Crippen molar-refractivity contribution in [1.29, 1.82) is 0 Å². The first-order chi connectivity index (χ1) is 13.3. The zero-order chi connectivity index (χ0) is 18.9. The topological polar surface area (TPSA) is 46.1 Å². The maximum Gasteiger partial charge on any atom is 0.193 e. The molecule has 1 heterocycles. The molecule has 1 fully saturated rings. The van der Waals surface area contributed by atoms with E-state index in [-0.39, 0.29) is 0 Å². The molecule has 144 valence electrons. The van der Waals surface area contributed by atoms with E-state index in [4.69, 9.17) is 9.47 Å². The van der Waals surface area contributed by atoms with Crippen LogP contribution in [0.25, 0.3) is 0 Å². The fourth-order valence-electron chi connectivity index (χ4n) is 3.35. The molecule has 2 aromatic carbocycles. The van der Waals surface area contributed by atoms with Gasteiger partial charge in [0.25, 0.3) is 0 Å². The van der Waals surface area contributed by atoms with Crippen molar-refractivity contribution >= 4 is 5.96 Å². The molecule has 0 amide bonds. The van der Waals surface area contributed by atoms with Crippen LogP contribution in [0.4, 0.5) is 0 Å². The zero-order valence-corrected chi connectivity index (χ0v) is 16.2. The lowest BCUT2D eigenvalue weighted by Crippen LogP contribution is -2.39. The number of nitrogens with zero attached hydrogens (tertiary/aromatic N) is 2. The van der Waals surface area contributed by atoms with Crippen LogP contribution in [0.2, 0.25) is 0 Å². The third-order valence-corrected chi connectivity index (χ3v) is 4.82. The molecule has 2 aromatic rings. The Morgan fingerprint density at radius 3 is 2.59 bits per heavy atom. The van der Waals surface area contributed by atoms with Gasteiger partial charge in [0.05, 0.1) is 6.61 Å². The van der Waals surface area contributed by atoms with Crippen molar-refractivity contribution in [2.75, 3.05) is 33.9 Å². The van der Waals surface area contributed by atoms with Crippen molar-refractivity contribution in [2.45, 2.75) is 19.6 Å². The Morgan fingerprint density at radius 1 is 1.11 bits per heavy atom. The summed E-state index contributed by atoms with van der Waals surface area (Å²) in [7, 11) is 3.61. The van der Waals surface area contributed by atoms with Gasteiger partial charge in [-0.15, -0.1) is 0 Å². The smallest absolute Gasteiger partial charge is 0.193 e. The van der Waals surface area contributed by atoms with Crippen LogP contribution < -0.4 is 10.1 Å². The summed E-state index contributed by atoms with van der Waals surface area (Å²) in [5.74, 6) is 2.43. The molecule has 1 N–H and O–H groups in total. The lowest BCUT2D eigenvalue weighted by atomic mass is 10.1. The summed E-state index contributed by atoms with van der Waals surface area (Å²) in [6.45, 7) is 4.18. The van der Waals surface area contributed by atoms with Crippen LogP contribution in [0.1, 0.15) is 17.5 Å². The lowest BCUT2D eigenvalue weighted by molar-refractivity contribution is 0.157. The second-order valence-electron chi connectivity index (χ2n) is 6.88. The van der Waals surface area contributed by atoms with Crippen molar-refractivity contribution in [3.63, 3.8) is 0 Å². The molecule has 27 heavy (non-hydrogen) atoms. The highest BCUT2D eigenvalue weighted by molar-refractivity contribution is 5.80. The van der Waals surface area contributed by atoms with Gasteiger partial charge >= 0.3 is 0 Å². The first-order valence-corrected chi connectivity index (χ1v) is 9.48. The lowest BCUT2D eigenvalue weighted by Gasteiger charge is -2.21. The molecule has 1 aliphatic rings. The van der Waals surface area contributed by atoms with E-state index >= 15 is 0 Å². The van der Waals surface area contributed by atoms with Crippen LogP contribution in [0, 0.1) is 5.92 Å². The largest absolute Gasteiger partial charge is 0.489 e. The maximum atomic E-state index is 5.85. The molecule has 0 bridgehead atoms. The van der Waals surface area contributed by atoms with Gasteiger partial charge in [-0.05, 0) is 29.7 Å². The number of likely N-dealkylation sites (tertiary alicyclic amines) is 1. The molecule has 0 aromatic heterocycles. The normalized spacial score (nSPS) is 17.2. The number of guanidine groups is 1. The minimum absolute atomic E-state index is 0.586. The van der Waals surface area contributed by atoms with E-state index in [1.807, 2.05) is 37.4 Å². The highest BCUT2D eigenvalue weighted by Gasteiger charge is 2.24. The van der Waals surface area contributed by atoms with Gasteiger partial charge in [0.15, 0.2) is 5.96 Å². The van der Waals surface area contributed by atoms with E-state index in [0.29, 0.717) is 12.5 Å². The molecule has 1 saturated heterocycles. The van der Waals surface area contributed by atoms with Crippen molar-refractivity contribution in [1.82, 2.24) is 10.2 Å². The van der Waals surface area contributed by atoms with Gasteiger partial charge in [-0.2, -0.15) is 0 Å². The van der Waals surface area contributed by atoms with Crippen molar-refractivity contribution in [2.24, 2.45) is 10.9 Å². The average Bonchev–Trinajstić information content (AvgIpc) is 3.17. The molecule has 5 heteroatoms. The Kier molecular flexibility index (Phi) is 7.11. The highest BCUT2D eigenvalue weighted by Crippen LogP contribution is 2.17. The highest BCUT2D eigenvalue weighted by atomic mass is 16.5. The predicted octanol–water partition coefficient (Wildman–Crippen LogP) is 3.31. The first kappa shape index (κ1) is 19.2. The van der Waals surface area contributed by atoms with Crippen molar-refractivity contribution in [3.05, 3.63) is 65.7 Å². The van der Waals surface area contributed by atoms with Crippen LogP contribution in [0.5, 0.6) is 5.75 Å². The van der Waals surface area contributed by atoms with Crippen LogP contribution in [0.3, 0.4) is 0 Å². The molecule has 5 nitrogen and oxygen atoms in total. The Balaban J connectivity index is 1.46. The summed E-state index contributed by atoms with van der Waals surface area (Å²) in [6, 6.07) is 18.4. The van der Waals surface area contributed by atoms with Gasteiger partial charge in [-0.3, -0.25) is 4.99 Å². The molecular formula is C22H29N3O2. The van der Waals surface area contributed by atoms with E-state index in [1.165, 1.54) is 11.1 Å². The molecule has 0 aliphatic carbocycles. The molecular weight excluding hydrogens is 338 g/mol. The molecule has 1 atom stereocenters. The Labute approximate surface area is 162 Å². The van der Waals surface area contributed by atoms with Crippen LogP contribution in [-0.4, -0.2) is 44.7 Å². The quantitative estimate of drug-likeness (QED) is 0.602. The Bertz CT molecular complexity index is 716. The third kappa shape index (κ3) is 5.73. The zero-order valence-electron chi connectivity index (χ0n) is 16.2. The molecule has 1 unspecified atom stereocenters. The van der Waals surface area contributed by atoms with Crippen LogP contribution in [-0.2, 0) is 17.9 Å². The van der Waals surface area contributed by atoms with E-state index in [2.05, 4.69) is 39.5 Å². The minimum atomic E-state index is 0.586. The predicted molar refractivity (Wildman–Crippen MR) is 109 cm³/mol. The number of methoxy groups -OCH3 is 1. The molecule has 1 aliphatic heterocycles. The number of benzene rings is 2. The monoisotopic (exact) mass is 367 g/mol. The fraction of sp³-hybridized carbons (Fsp3) is 0.409. The number of nitrogens with one attached hydrogen (secondary N) is 1. The van der Waals surface area contributed by atoms with Gasteiger partial charge in [0.2, 0.25) is 0 Å². The summed E-state index contributed by atoms with van der Waals surface area (Å²) < 4.78 is 11.1. The van der Waals surface area contributed by atoms with E-state index in [1.54, 1.807) is 7.11 Å². The number of aliphatic imine (C=N–C) groups is 1. The van der Waals surface area contributed by atoms with E-state index < -0.39 is 0 Å². The Morgan fingerprint density at radius 2 is 1.89 bits per heavy atom. The van der Waals surface area contributed by atoms with Crippen molar-refractivity contribution < 1.29 is 9.47 Å². The maximum absolute atomic E-state index is 5.85. The fourth-order valence-corrected chi connectivity index (χ4v) is 3.35. The second kappa shape index (κ2) is 9.97. The van der Waals surface area contributed by atoms with Gasteiger partial charge in [-0.1, -0.05) is 42.5 Å². The molecule has 0 spiro atoms. The average molecular weight is 367 g/mol. The summed E-state index contributed by atoms with van der Waals surface area (Å²) in [5, 5.41) is 3.46. The number of hydrogen-bond acceptors (Lipinski definition) is 3. The van der Waals surface area contributed by atoms with Crippen LogP contribution >= 0.6 is 0 Å². The van der Waals surface area contributed by atoms with Crippen LogP contribution in [0.15, 0.2) is 59.6 Å². The number of ether oxygens (including phenoxy) is 2. The number of rotatable bonds is 7. The summed E-state index contributed by atoms with van der Waals surface area (Å²) >= 11 is 0. The van der Waals surface area contributed by atoms with E-state index in [0.717, 1.165) is 44.4 Å². The minimum Gasteiger partial charge on any atom is -0.489 e. The first-order valence-electron chi connectivity index (χ1n) is 9.48. The summed E-state index contributed by atoms with van der Waals surface area (Å²) in [4.78, 5) is 6.73. The third-order valence-electron chi connectivity index (χ3n) is 4.82. The van der Waals surface area contributed by atoms with Gasteiger partial charge in [0.1, 0.15) is 12.4 Å². The molecule has 3 rings (SSSR count). The molecule has 0 radical (unpaired) electrons. The second-order valence-corrected chi connectivity index (χ2v) is 6.88.